The van der Waals surface area contributed by atoms with Crippen LogP contribution in [-0.2, 0) is 11.8 Å². The van der Waals surface area contributed by atoms with E-state index in [1.54, 1.807) is 0 Å². The van der Waals surface area contributed by atoms with Crippen LogP contribution in [0.25, 0.3) is 0 Å². The van der Waals surface area contributed by atoms with E-state index in [1.165, 1.54) is 44.9 Å². The number of nitrogens with zero attached hydrogens (tertiary/aromatic N) is 2. The predicted molar refractivity (Wildman–Crippen MR) is 81.0 cm³/mol. The fourth-order valence-corrected chi connectivity index (χ4v) is 5.44. The SMILES string of the molecule is CCCNCCc1nnc(C23CC4CC(CC(C4)C2)C3)o1. The first-order valence-electron chi connectivity index (χ1n) is 8.81. The average molecular weight is 289 g/mol. The standard InChI is InChI=1S/C17H27N3O/c1-2-4-18-5-3-15-19-20-16(21-15)17-9-12-6-13(10-17)8-14(7-12)11-17/h12-14,18H,2-11H2,1H3. The number of rotatable bonds is 6. The van der Waals surface area contributed by atoms with Crippen molar-refractivity contribution in [2.24, 2.45) is 17.8 Å². The van der Waals surface area contributed by atoms with Gasteiger partial charge in [0.05, 0.1) is 0 Å². The second-order valence-electron chi connectivity index (χ2n) is 7.70. The molecule has 0 spiro atoms. The highest BCUT2D eigenvalue weighted by Crippen LogP contribution is 2.60. The highest BCUT2D eigenvalue weighted by atomic mass is 16.4. The van der Waals surface area contributed by atoms with E-state index in [1.807, 2.05) is 0 Å². The Balaban J connectivity index is 1.45. The van der Waals surface area contributed by atoms with E-state index in [0.717, 1.165) is 49.0 Å². The Morgan fingerprint density at radius 1 is 1.05 bits per heavy atom. The lowest BCUT2D eigenvalue weighted by atomic mass is 9.49. The summed E-state index contributed by atoms with van der Waals surface area (Å²) in [7, 11) is 0. The largest absolute Gasteiger partial charge is 0.425 e. The third-order valence-corrected chi connectivity index (χ3v) is 5.90. The van der Waals surface area contributed by atoms with E-state index in [2.05, 4.69) is 22.4 Å². The van der Waals surface area contributed by atoms with Gasteiger partial charge in [-0.2, -0.15) is 0 Å². The van der Waals surface area contributed by atoms with Gasteiger partial charge >= 0.3 is 0 Å². The number of hydrogen-bond donors (Lipinski definition) is 1. The zero-order valence-corrected chi connectivity index (χ0v) is 13.1. The van der Waals surface area contributed by atoms with Crippen molar-refractivity contribution in [3.63, 3.8) is 0 Å². The molecule has 4 nitrogen and oxygen atoms in total. The molecule has 1 heterocycles. The van der Waals surface area contributed by atoms with Crippen LogP contribution in [0.3, 0.4) is 0 Å². The maximum atomic E-state index is 6.09. The maximum absolute atomic E-state index is 6.09. The second-order valence-corrected chi connectivity index (χ2v) is 7.70. The van der Waals surface area contributed by atoms with Crippen LogP contribution in [0, 0.1) is 17.8 Å². The Kier molecular flexibility index (Phi) is 3.52. The molecule has 4 bridgehead atoms. The summed E-state index contributed by atoms with van der Waals surface area (Å²) in [5.74, 6) is 4.57. The Morgan fingerprint density at radius 3 is 2.33 bits per heavy atom. The van der Waals surface area contributed by atoms with Gasteiger partial charge < -0.3 is 9.73 Å². The van der Waals surface area contributed by atoms with Crippen LogP contribution in [0.2, 0.25) is 0 Å². The van der Waals surface area contributed by atoms with Crippen LogP contribution >= 0.6 is 0 Å². The molecule has 0 aliphatic heterocycles. The Morgan fingerprint density at radius 2 is 1.71 bits per heavy atom. The highest BCUT2D eigenvalue weighted by molar-refractivity contribution is 5.14. The van der Waals surface area contributed by atoms with Gasteiger partial charge in [-0.15, -0.1) is 10.2 Å². The summed E-state index contributed by atoms with van der Waals surface area (Å²) < 4.78 is 6.09. The first kappa shape index (κ1) is 13.7. The smallest absolute Gasteiger partial charge is 0.222 e. The Labute approximate surface area is 127 Å². The van der Waals surface area contributed by atoms with Gasteiger partial charge in [-0.05, 0) is 69.2 Å². The summed E-state index contributed by atoms with van der Waals surface area (Å²) in [6, 6.07) is 0. The van der Waals surface area contributed by atoms with Gasteiger partial charge in [0.1, 0.15) is 0 Å². The molecule has 0 unspecified atom stereocenters. The number of aromatic nitrogens is 2. The van der Waals surface area contributed by atoms with Gasteiger partial charge in [-0.3, -0.25) is 0 Å². The van der Waals surface area contributed by atoms with Crippen LogP contribution in [-0.4, -0.2) is 23.3 Å². The van der Waals surface area contributed by atoms with E-state index >= 15 is 0 Å². The molecule has 5 rings (SSSR count). The van der Waals surface area contributed by atoms with E-state index in [-0.39, 0.29) is 5.41 Å². The predicted octanol–water partition coefficient (Wildman–Crippen LogP) is 3.08. The summed E-state index contributed by atoms with van der Waals surface area (Å²) in [6.45, 7) is 4.19. The lowest BCUT2D eigenvalue weighted by molar-refractivity contribution is -0.0182. The van der Waals surface area contributed by atoms with Crippen LogP contribution in [0.4, 0.5) is 0 Å². The minimum Gasteiger partial charge on any atom is -0.425 e. The lowest BCUT2D eigenvalue weighted by Gasteiger charge is -2.55. The Bertz CT molecular complexity index is 461. The van der Waals surface area contributed by atoms with Gasteiger partial charge in [0.25, 0.3) is 0 Å². The highest BCUT2D eigenvalue weighted by Gasteiger charge is 2.54. The fraction of sp³-hybridized carbons (Fsp3) is 0.882. The topological polar surface area (TPSA) is 51.0 Å². The van der Waals surface area contributed by atoms with Gasteiger partial charge in [-0.25, -0.2) is 0 Å². The van der Waals surface area contributed by atoms with Gasteiger partial charge in [-0.1, -0.05) is 6.92 Å². The minimum absolute atomic E-state index is 0.247. The molecule has 4 aliphatic carbocycles. The molecule has 116 valence electrons. The molecule has 1 aromatic rings. The fourth-order valence-electron chi connectivity index (χ4n) is 5.44. The normalized spacial score (nSPS) is 37.3. The van der Waals surface area contributed by atoms with Crippen LogP contribution < -0.4 is 5.32 Å². The molecule has 0 radical (unpaired) electrons. The van der Waals surface area contributed by atoms with E-state index in [4.69, 9.17) is 4.42 Å². The quantitative estimate of drug-likeness (QED) is 0.818. The lowest BCUT2D eigenvalue weighted by Crippen LogP contribution is -2.48. The van der Waals surface area contributed by atoms with Crippen LogP contribution in [0.1, 0.15) is 63.7 Å². The van der Waals surface area contributed by atoms with Crippen LogP contribution in [0.15, 0.2) is 4.42 Å². The first-order valence-corrected chi connectivity index (χ1v) is 8.81. The average Bonchev–Trinajstić information content (AvgIpc) is 2.92. The van der Waals surface area contributed by atoms with Gasteiger partial charge in [0.2, 0.25) is 11.8 Å². The van der Waals surface area contributed by atoms with E-state index < -0.39 is 0 Å². The third-order valence-electron chi connectivity index (χ3n) is 5.90. The van der Waals surface area contributed by atoms with Crippen molar-refractivity contribution < 1.29 is 4.42 Å². The Hall–Kier alpha value is -0.900. The molecule has 4 heteroatoms. The zero-order valence-electron chi connectivity index (χ0n) is 13.1. The molecular formula is C17H27N3O. The van der Waals surface area contributed by atoms with Crippen molar-refractivity contribution in [1.82, 2.24) is 15.5 Å². The van der Waals surface area contributed by atoms with Gasteiger partial charge in [0, 0.05) is 18.4 Å². The molecular weight excluding hydrogens is 262 g/mol. The molecule has 21 heavy (non-hydrogen) atoms. The number of hydrogen-bond acceptors (Lipinski definition) is 4. The number of nitrogens with one attached hydrogen (secondary N) is 1. The van der Waals surface area contributed by atoms with Crippen molar-refractivity contribution in [1.29, 1.82) is 0 Å². The van der Waals surface area contributed by atoms with Crippen molar-refractivity contribution in [2.45, 2.75) is 63.7 Å². The van der Waals surface area contributed by atoms with Crippen molar-refractivity contribution in [3.05, 3.63) is 11.8 Å². The summed E-state index contributed by atoms with van der Waals surface area (Å²) in [6.07, 6.45) is 10.3. The second kappa shape index (κ2) is 5.38. The van der Waals surface area contributed by atoms with E-state index in [9.17, 15) is 0 Å². The maximum Gasteiger partial charge on any atom is 0.222 e. The molecule has 0 saturated heterocycles. The molecule has 0 aromatic carbocycles. The molecule has 0 atom stereocenters. The van der Waals surface area contributed by atoms with Crippen molar-refractivity contribution in [3.8, 4) is 0 Å². The molecule has 4 aliphatic rings. The van der Waals surface area contributed by atoms with Crippen LogP contribution in [0.5, 0.6) is 0 Å². The summed E-state index contributed by atoms with van der Waals surface area (Å²) in [5, 5.41) is 12.2. The summed E-state index contributed by atoms with van der Waals surface area (Å²) >= 11 is 0. The first-order chi connectivity index (χ1) is 10.3. The molecule has 4 fully saturated rings. The third kappa shape index (κ3) is 2.52. The molecule has 1 N–H and O–H groups in total. The minimum atomic E-state index is 0.247. The molecule has 0 amide bonds. The monoisotopic (exact) mass is 289 g/mol. The molecule has 1 aromatic heterocycles. The van der Waals surface area contributed by atoms with Crippen molar-refractivity contribution >= 4 is 0 Å². The zero-order chi connectivity index (χ0) is 14.3. The van der Waals surface area contributed by atoms with Crippen molar-refractivity contribution in [2.75, 3.05) is 13.1 Å². The van der Waals surface area contributed by atoms with E-state index in [0.29, 0.717) is 0 Å². The summed E-state index contributed by atoms with van der Waals surface area (Å²) in [4.78, 5) is 0. The summed E-state index contributed by atoms with van der Waals surface area (Å²) in [5.41, 5.74) is 0.247. The van der Waals surface area contributed by atoms with Gasteiger partial charge in [0.15, 0.2) is 0 Å². The molecule has 4 saturated carbocycles.